The average molecular weight is 272 g/mol. The molecule has 6 nitrogen and oxygen atoms in total. The second-order valence-corrected chi connectivity index (χ2v) is 4.06. The van der Waals surface area contributed by atoms with Crippen LogP contribution in [-0.4, -0.2) is 28.1 Å². The van der Waals surface area contributed by atoms with Gasteiger partial charge in [-0.05, 0) is 24.6 Å². The molecule has 0 fully saturated rings. The topological polar surface area (TPSA) is 108 Å². The lowest BCUT2D eigenvalue weighted by atomic mass is 10.1. The van der Waals surface area contributed by atoms with E-state index in [4.69, 9.17) is 22.5 Å². The number of aromatic hydroxyl groups is 1. The van der Waals surface area contributed by atoms with Gasteiger partial charge in [0.2, 0.25) is 0 Å². The predicted octanol–water partition coefficient (Wildman–Crippen LogP) is 1.30. The van der Waals surface area contributed by atoms with Crippen LogP contribution in [0, 0.1) is 0 Å². The van der Waals surface area contributed by atoms with Crippen molar-refractivity contribution in [2.24, 2.45) is 10.9 Å². The molecule has 7 heteroatoms. The summed E-state index contributed by atoms with van der Waals surface area (Å²) in [5.41, 5.74) is 5.49. The number of nitrogens with zero attached hydrogens (tertiary/aromatic N) is 1. The highest BCUT2D eigenvalue weighted by Crippen LogP contribution is 2.21. The zero-order chi connectivity index (χ0) is 13.7. The Hall–Kier alpha value is -1.95. The zero-order valence-corrected chi connectivity index (χ0v) is 10.5. The SMILES string of the molecule is CCC(NC(=O)c1ccc(Cl)cc1O)/C(N)=N/O. The van der Waals surface area contributed by atoms with Crippen molar-refractivity contribution in [2.75, 3.05) is 0 Å². The summed E-state index contributed by atoms with van der Waals surface area (Å²) in [6.45, 7) is 1.77. The van der Waals surface area contributed by atoms with E-state index in [1.165, 1.54) is 18.2 Å². The molecule has 18 heavy (non-hydrogen) atoms. The first-order chi connectivity index (χ1) is 8.49. The van der Waals surface area contributed by atoms with Crippen LogP contribution in [0.2, 0.25) is 5.02 Å². The fourth-order valence-corrected chi connectivity index (χ4v) is 1.55. The number of phenols is 1. The quantitative estimate of drug-likeness (QED) is 0.286. The van der Waals surface area contributed by atoms with E-state index < -0.39 is 11.9 Å². The third kappa shape index (κ3) is 3.27. The van der Waals surface area contributed by atoms with Crippen molar-refractivity contribution < 1.29 is 15.1 Å². The van der Waals surface area contributed by atoms with Crippen LogP contribution in [0.25, 0.3) is 0 Å². The van der Waals surface area contributed by atoms with Gasteiger partial charge in [0, 0.05) is 5.02 Å². The maximum absolute atomic E-state index is 11.9. The van der Waals surface area contributed by atoms with E-state index in [0.29, 0.717) is 11.4 Å². The van der Waals surface area contributed by atoms with Crippen molar-refractivity contribution >= 4 is 23.3 Å². The average Bonchev–Trinajstić information content (AvgIpc) is 2.34. The number of amidine groups is 1. The molecule has 5 N–H and O–H groups in total. The summed E-state index contributed by atoms with van der Waals surface area (Å²) >= 11 is 5.66. The van der Waals surface area contributed by atoms with Crippen LogP contribution < -0.4 is 11.1 Å². The lowest BCUT2D eigenvalue weighted by Crippen LogP contribution is -2.44. The second-order valence-electron chi connectivity index (χ2n) is 3.62. The summed E-state index contributed by atoms with van der Waals surface area (Å²) in [7, 11) is 0. The zero-order valence-electron chi connectivity index (χ0n) is 9.72. The van der Waals surface area contributed by atoms with Crippen molar-refractivity contribution in [2.45, 2.75) is 19.4 Å². The number of carbonyl (C=O) groups excluding carboxylic acids is 1. The number of carbonyl (C=O) groups is 1. The minimum atomic E-state index is -0.599. The lowest BCUT2D eigenvalue weighted by molar-refractivity contribution is 0.0943. The Balaban J connectivity index is 2.88. The molecule has 0 heterocycles. The highest BCUT2D eigenvalue weighted by atomic mass is 35.5. The summed E-state index contributed by atoms with van der Waals surface area (Å²) in [5.74, 6) is -0.851. The molecule has 1 aromatic carbocycles. The molecule has 0 aliphatic heterocycles. The normalized spacial score (nSPS) is 13.1. The van der Waals surface area contributed by atoms with Gasteiger partial charge >= 0.3 is 0 Å². The number of rotatable bonds is 4. The Morgan fingerprint density at radius 2 is 2.28 bits per heavy atom. The fourth-order valence-electron chi connectivity index (χ4n) is 1.39. The van der Waals surface area contributed by atoms with E-state index >= 15 is 0 Å². The number of amides is 1. The summed E-state index contributed by atoms with van der Waals surface area (Å²) in [4.78, 5) is 11.9. The Morgan fingerprint density at radius 1 is 1.61 bits per heavy atom. The highest BCUT2D eigenvalue weighted by Gasteiger charge is 2.18. The van der Waals surface area contributed by atoms with E-state index in [9.17, 15) is 9.90 Å². The van der Waals surface area contributed by atoms with Crippen LogP contribution in [0.3, 0.4) is 0 Å². The first kappa shape index (κ1) is 14.1. The van der Waals surface area contributed by atoms with E-state index in [1.807, 2.05) is 0 Å². The Labute approximate surface area is 109 Å². The Kier molecular flexibility index (Phi) is 4.79. The number of hydrogen-bond donors (Lipinski definition) is 4. The molecular formula is C11H14ClN3O3. The summed E-state index contributed by atoms with van der Waals surface area (Å²) in [5, 5.41) is 23.8. The molecule has 0 spiro atoms. The lowest BCUT2D eigenvalue weighted by Gasteiger charge is -2.15. The smallest absolute Gasteiger partial charge is 0.255 e. The third-order valence-corrected chi connectivity index (χ3v) is 2.63. The number of nitrogens with two attached hydrogens (primary N) is 1. The first-order valence-electron chi connectivity index (χ1n) is 5.26. The molecule has 1 unspecified atom stereocenters. The van der Waals surface area contributed by atoms with Gasteiger partial charge < -0.3 is 21.4 Å². The minimum Gasteiger partial charge on any atom is -0.507 e. The van der Waals surface area contributed by atoms with E-state index in [0.717, 1.165) is 0 Å². The number of nitrogens with one attached hydrogen (secondary N) is 1. The molecule has 1 aromatic rings. The fraction of sp³-hybridized carbons (Fsp3) is 0.273. The summed E-state index contributed by atoms with van der Waals surface area (Å²) in [6.07, 6.45) is 0.454. The van der Waals surface area contributed by atoms with Crippen molar-refractivity contribution in [3.8, 4) is 5.75 Å². The summed E-state index contributed by atoms with van der Waals surface area (Å²) < 4.78 is 0. The van der Waals surface area contributed by atoms with E-state index in [-0.39, 0.29) is 17.1 Å². The molecule has 0 aliphatic rings. The van der Waals surface area contributed by atoms with Gasteiger partial charge in [-0.2, -0.15) is 0 Å². The molecule has 98 valence electrons. The first-order valence-corrected chi connectivity index (χ1v) is 5.64. The van der Waals surface area contributed by atoms with Crippen LogP contribution in [0.4, 0.5) is 0 Å². The molecule has 0 saturated carbocycles. The predicted molar refractivity (Wildman–Crippen MR) is 68.1 cm³/mol. The monoisotopic (exact) mass is 271 g/mol. The van der Waals surface area contributed by atoms with Crippen molar-refractivity contribution in [1.82, 2.24) is 5.32 Å². The molecule has 0 radical (unpaired) electrons. The molecule has 1 rings (SSSR count). The van der Waals surface area contributed by atoms with Crippen LogP contribution in [-0.2, 0) is 0 Å². The van der Waals surface area contributed by atoms with Crippen LogP contribution in [0.15, 0.2) is 23.4 Å². The Bertz CT molecular complexity index is 477. The van der Waals surface area contributed by atoms with Crippen LogP contribution in [0.5, 0.6) is 5.75 Å². The van der Waals surface area contributed by atoms with E-state index in [2.05, 4.69) is 10.5 Å². The molecule has 0 saturated heterocycles. The van der Waals surface area contributed by atoms with Crippen LogP contribution >= 0.6 is 11.6 Å². The molecule has 0 aromatic heterocycles. The summed E-state index contributed by atoms with van der Waals surface area (Å²) in [6, 6.07) is 3.55. The third-order valence-electron chi connectivity index (χ3n) is 2.39. The number of halogens is 1. The number of benzene rings is 1. The number of hydrogen-bond acceptors (Lipinski definition) is 4. The van der Waals surface area contributed by atoms with Gasteiger partial charge in [0.15, 0.2) is 5.84 Å². The minimum absolute atomic E-state index is 0.0728. The maximum Gasteiger partial charge on any atom is 0.255 e. The number of oxime groups is 1. The van der Waals surface area contributed by atoms with Gasteiger partial charge in [0.1, 0.15) is 5.75 Å². The van der Waals surface area contributed by atoms with Gasteiger partial charge in [0.05, 0.1) is 11.6 Å². The van der Waals surface area contributed by atoms with Gasteiger partial charge in [-0.1, -0.05) is 23.7 Å². The second kappa shape index (κ2) is 6.11. The van der Waals surface area contributed by atoms with Crippen molar-refractivity contribution in [3.63, 3.8) is 0 Å². The van der Waals surface area contributed by atoms with Crippen molar-refractivity contribution in [3.05, 3.63) is 28.8 Å². The molecule has 1 amide bonds. The van der Waals surface area contributed by atoms with Gasteiger partial charge in [-0.25, -0.2) is 0 Å². The van der Waals surface area contributed by atoms with Gasteiger partial charge in [-0.15, -0.1) is 0 Å². The largest absolute Gasteiger partial charge is 0.507 e. The van der Waals surface area contributed by atoms with Gasteiger partial charge in [-0.3, -0.25) is 4.79 Å². The van der Waals surface area contributed by atoms with Gasteiger partial charge in [0.25, 0.3) is 5.91 Å². The molecule has 0 bridgehead atoms. The molecule has 0 aliphatic carbocycles. The maximum atomic E-state index is 11.9. The Morgan fingerprint density at radius 3 is 2.78 bits per heavy atom. The standard InChI is InChI=1S/C11H14ClN3O3/c1-2-8(10(13)15-18)14-11(17)7-4-3-6(12)5-9(7)16/h3-5,8,16,18H,2H2,1H3,(H2,13,15)(H,14,17). The van der Waals surface area contributed by atoms with Crippen molar-refractivity contribution in [1.29, 1.82) is 0 Å². The van der Waals surface area contributed by atoms with Crippen LogP contribution in [0.1, 0.15) is 23.7 Å². The molecular weight excluding hydrogens is 258 g/mol. The van der Waals surface area contributed by atoms with E-state index in [1.54, 1.807) is 6.92 Å². The number of phenolic OH excluding ortho intramolecular Hbond substituents is 1. The molecule has 1 atom stereocenters. The highest BCUT2D eigenvalue weighted by molar-refractivity contribution is 6.30.